The Morgan fingerprint density at radius 3 is 2.79 bits per heavy atom. The van der Waals surface area contributed by atoms with Crippen molar-refractivity contribution in [3.8, 4) is 0 Å². The molecule has 0 amide bonds. The van der Waals surface area contributed by atoms with Crippen molar-refractivity contribution in [3.63, 3.8) is 0 Å². The maximum Gasteiger partial charge on any atom is 0.321 e. The van der Waals surface area contributed by atoms with Crippen LogP contribution in [0.4, 0.5) is 3.89 Å². The van der Waals surface area contributed by atoms with E-state index in [4.69, 9.17) is 4.74 Å². The van der Waals surface area contributed by atoms with Gasteiger partial charge < -0.3 is 4.74 Å². The van der Waals surface area contributed by atoms with Gasteiger partial charge in [-0.2, -0.15) is 0 Å². The summed E-state index contributed by atoms with van der Waals surface area (Å²) in [4.78, 5) is 10.9. The third-order valence-corrected chi connectivity index (χ3v) is 1.77. The average Bonchev–Trinajstić information content (AvgIpc) is 2.25. The molecule has 0 aliphatic carbocycles. The van der Waals surface area contributed by atoms with Gasteiger partial charge >= 0.3 is 5.97 Å². The molecule has 3 nitrogen and oxygen atoms in total. The second-order valence-electron chi connectivity index (χ2n) is 2.54. The summed E-state index contributed by atoms with van der Waals surface area (Å²) < 4.78 is 18.5. The number of carbonyl (C=O) groups is 1. The van der Waals surface area contributed by atoms with Crippen molar-refractivity contribution >= 4 is 18.3 Å². The van der Waals surface area contributed by atoms with E-state index in [9.17, 15) is 8.68 Å². The molecule has 0 aliphatic heterocycles. The zero-order chi connectivity index (χ0) is 10.2. The fourth-order valence-electron chi connectivity index (χ4n) is 0.875. The molecule has 0 saturated carbocycles. The molecule has 1 aromatic rings. The van der Waals surface area contributed by atoms with E-state index in [-0.39, 0.29) is 25.5 Å². The largest absolute Gasteiger partial charge is 0.460 e. The first kappa shape index (κ1) is 11.0. The summed E-state index contributed by atoms with van der Waals surface area (Å²) in [6, 6.07) is 9.31. The summed E-state index contributed by atoms with van der Waals surface area (Å²) in [6.45, 7) is 0.0896. The zero-order valence-electron chi connectivity index (χ0n) is 7.40. The van der Waals surface area contributed by atoms with Gasteiger partial charge in [-0.05, 0) is 5.56 Å². The lowest BCUT2D eigenvalue weighted by atomic mass is 10.2. The highest BCUT2D eigenvalue weighted by Gasteiger charge is 2.01. The number of hydrogen-bond acceptors (Lipinski definition) is 4. The highest BCUT2D eigenvalue weighted by Crippen LogP contribution is 2.00. The third-order valence-electron chi connectivity index (χ3n) is 1.51. The van der Waals surface area contributed by atoms with Gasteiger partial charge in [0.2, 0.25) is 0 Å². The number of benzene rings is 1. The van der Waals surface area contributed by atoms with Gasteiger partial charge in [-0.15, -0.1) is 3.89 Å². The van der Waals surface area contributed by atoms with Crippen LogP contribution in [-0.2, 0) is 16.1 Å². The minimum absolute atomic E-state index is 0.0992. The molecule has 0 heterocycles. The first-order valence-electron chi connectivity index (χ1n) is 4.03. The number of halogens is 1. The van der Waals surface area contributed by atoms with Crippen LogP contribution >= 0.6 is 12.3 Å². The van der Waals surface area contributed by atoms with Crippen LogP contribution < -0.4 is 4.72 Å². The topological polar surface area (TPSA) is 38.3 Å². The molecule has 0 unspecified atom stereocenters. The highest BCUT2D eigenvalue weighted by molar-refractivity contribution is 7.92. The fourth-order valence-corrected chi connectivity index (χ4v) is 1.05. The van der Waals surface area contributed by atoms with Crippen molar-refractivity contribution in [2.75, 3.05) is 6.54 Å². The molecule has 0 spiro atoms. The molecule has 0 aliphatic rings. The summed E-state index contributed by atoms with van der Waals surface area (Å²) in [5, 5.41) is 0. The number of carbonyl (C=O) groups excluding carboxylic acids is 1. The Labute approximate surface area is 86.1 Å². The van der Waals surface area contributed by atoms with Crippen molar-refractivity contribution in [3.05, 3.63) is 35.9 Å². The van der Waals surface area contributed by atoms with Crippen molar-refractivity contribution in [2.45, 2.75) is 6.61 Å². The predicted molar refractivity (Wildman–Crippen MR) is 52.9 cm³/mol. The second-order valence-corrected chi connectivity index (χ2v) is 2.99. The molecular formula is C9H10FNO2S. The molecule has 0 aromatic heterocycles. The number of rotatable bonds is 5. The first-order chi connectivity index (χ1) is 6.83. The zero-order valence-corrected chi connectivity index (χ0v) is 8.22. The average molecular weight is 215 g/mol. The van der Waals surface area contributed by atoms with E-state index < -0.39 is 5.97 Å². The van der Waals surface area contributed by atoms with E-state index in [1.807, 2.05) is 30.3 Å². The lowest BCUT2D eigenvalue weighted by Gasteiger charge is -2.03. The van der Waals surface area contributed by atoms with Gasteiger partial charge in [0.15, 0.2) is 0 Å². The van der Waals surface area contributed by atoms with Crippen molar-refractivity contribution in [1.82, 2.24) is 4.72 Å². The molecule has 1 aromatic carbocycles. The Hall–Kier alpha value is -1.07. The minimum atomic E-state index is -0.473. The van der Waals surface area contributed by atoms with Gasteiger partial charge in [-0.25, -0.2) is 4.72 Å². The quantitative estimate of drug-likeness (QED) is 0.601. The van der Waals surface area contributed by atoms with Crippen LogP contribution in [0.3, 0.4) is 0 Å². The van der Waals surface area contributed by atoms with Crippen LogP contribution in [0.1, 0.15) is 5.56 Å². The Bertz CT molecular complexity index is 281. The summed E-state index contributed by atoms with van der Waals surface area (Å²) in [5.41, 5.74) is 0.911. The Kier molecular flexibility index (Phi) is 5.03. The van der Waals surface area contributed by atoms with Crippen LogP contribution in [0.2, 0.25) is 0 Å². The summed E-state index contributed by atoms with van der Waals surface area (Å²) in [7, 11) is 0. The van der Waals surface area contributed by atoms with Crippen LogP contribution in [0, 0.1) is 0 Å². The normalized spacial score (nSPS) is 9.79. The lowest BCUT2D eigenvalue weighted by molar-refractivity contribution is -0.143. The Morgan fingerprint density at radius 2 is 2.14 bits per heavy atom. The number of nitrogens with one attached hydrogen (secondary N) is 1. The monoisotopic (exact) mass is 215 g/mol. The highest BCUT2D eigenvalue weighted by atomic mass is 32.2. The third kappa shape index (κ3) is 4.25. The number of ether oxygens (including phenoxy) is 1. The van der Waals surface area contributed by atoms with Crippen molar-refractivity contribution in [2.24, 2.45) is 0 Å². The van der Waals surface area contributed by atoms with Gasteiger partial charge in [0.1, 0.15) is 25.5 Å². The van der Waals surface area contributed by atoms with Crippen LogP contribution in [0.15, 0.2) is 30.3 Å². The Morgan fingerprint density at radius 1 is 1.43 bits per heavy atom. The van der Waals surface area contributed by atoms with Gasteiger partial charge in [0.05, 0.1) is 0 Å². The Balaban J connectivity index is 2.24. The standard InChI is InChI=1S/C9H10FNO2S/c10-14-11-6-9(12)13-7-8-4-2-1-3-5-8/h1-5,11H,6-7H2. The van der Waals surface area contributed by atoms with Gasteiger partial charge in [0, 0.05) is 0 Å². The summed E-state index contributed by atoms with van der Waals surface area (Å²) in [5.74, 6) is -0.473. The van der Waals surface area contributed by atoms with Crippen LogP contribution in [0.5, 0.6) is 0 Å². The van der Waals surface area contributed by atoms with E-state index in [2.05, 4.69) is 4.72 Å². The lowest BCUT2D eigenvalue weighted by Crippen LogP contribution is -2.18. The van der Waals surface area contributed by atoms with Crippen LogP contribution in [-0.4, -0.2) is 12.5 Å². The van der Waals surface area contributed by atoms with Crippen molar-refractivity contribution < 1.29 is 13.4 Å². The van der Waals surface area contributed by atoms with E-state index in [1.165, 1.54) is 0 Å². The molecule has 0 fully saturated rings. The van der Waals surface area contributed by atoms with E-state index in [1.54, 1.807) is 0 Å². The number of esters is 1. The van der Waals surface area contributed by atoms with E-state index >= 15 is 0 Å². The summed E-state index contributed by atoms with van der Waals surface area (Å²) in [6.07, 6.45) is 0. The first-order valence-corrected chi connectivity index (χ1v) is 4.74. The fraction of sp³-hybridized carbons (Fsp3) is 0.222. The van der Waals surface area contributed by atoms with E-state index in [0.29, 0.717) is 0 Å². The number of hydrogen-bond donors (Lipinski definition) is 1. The van der Waals surface area contributed by atoms with Gasteiger partial charge in [-0.1, -0.05) is 30.3 Å². The van der Waals surface area contributed by atoms with Crippen molar-refractivity contribution in [1.29, 1.82) is 0 Å². The molecular weight excluding hydrogens is 205 g/mol. The molecule has 1 rings (SSSR count). The second kappa shape index (κ2) is 6.39. The maximum atomic E-state index is 11.5. The molecule has 14 heavy (non-hydrogen) atoms. The van der Waals surface area contributed by atoms with Gasteiger partial charge in [0.25, 0.3) is 0 Å². The molecule has 76 valence electrons. The van der Waals surface area contributed by atoms with Gasteiger partial charge in [-0.3, -0.25) is 4.79 Å². The summed E-state index contributed by atoms with van der Waals surface area (Å²) >= 11 is -0.0992. The SMILES string of the molecule is O=C(CNSF)OCc1ccccc1. The molecule has 1 N–H and O–H groups in total. The maximum absolute atomic E-state index is 11.5. The molecule has 0 radical (unpaired) electrons. The smallest absolute Gasteiger partial charge is 0.321 e. The molecule has 5 heteroatoms. The molecule has 0 bridgehead atoms. The minimum Gasteiger partial charge on any atom is -0.460 e. The molecule has 0 atom stereocenters. The predicted octanol–water partition coefficient (Wildman–Crippen LogP) is 1.85. The van der Waals surface area contributed by atoms with Crippen LogP contribution in [0.25, 0.3) is 0 Å². The van der Waals surface area contributed by atoms with E-state index in [0.717, 1.165) is 5.56 Å². The molecule has 0 saturated heterocycles.